The number of carboxylic acid groups (broad SMARTS) is 1. The Morgan fingerprint density at radius 1 is 0.902 bits per heavy atom. The number of hydrogen-bond acceptors (Lipinski definition) is 4. The summed E-state index contributed by atoms with van der Waals surface area (Å²) in [5, 5.41) is 19.7. The first-order chi connectivity index (χ1) is 19.2. The number of carboxylic acids is 1. The number of nitrogens with zero attached hydrogens (tertiary/aromatic N) is 2. The number of rotatable bonds is 9. The molecule has 0 unspecified atom stereocenters. The number of halogens is 1. The first-order valence-corrected chi connectivity index (χ1v) is 12.8. The van der Waals surface area contributed by atoms with Crippen LogP contribution >= 0.6 is 12.4 Å². The molecule has 0 bridgehead atoms. The normalized spacial score (nSPS) is 10.8. The molecule has 9 heteroatoms. The summed E-state index contributed by atoms with van der Waals surface area (Å²) in [6.45, 7) is -0.524. The summed E-state index contributed by atoms with van der Waals surface area (Å²) in [5.41, 5.74) is 9.17. The van der Waals surface area contributed by atoms with Crippen LogP contribution in [0.15, 0.2) is 91.1 Å². The van der Waals surface area contributed by atoms with E-state index in [1.807, 2.05) is 54.1 Å². The van der Waals surface area contributed by atoms with Gasteiger partial charge in [0.05, 0.1) is 0 Å². The highest BCUT2D eigenvalue weighted by Gasteiger charge is 2.23. The first kappa shape index (κ1) is 29.0. The number of carbonyl (C=O) groups excluding carboxylic acids is 2. The maximum Gasteiger partial charge on any atom is 0.323 e. The summed E-state index contributed by atoms with van der Waals surface area (Å²) in [5.74, 6) is -1.66. The van der Waals surface area contributed by atoms with E-state index in [2.05, 4.69) is 0 Å². The number of benzene rings is 4. The second-order valence-electron chi connectivity index (χ2n) is 9.74. The Balaban J connectivity index is 0.00000387. The van der Waals surface area contributed by atoms with Crippen molar-refractivity contribution in [1.29, 1.82) is 5.41 Å². The molecular weight excluding hydrogens is 540 g/mol. The van der Waals surface area contributed by atoms with Crippen molar-refractivity contribution < 1.29 is 19.5 Å². The van der Waals surface area contributed by atoms with Crippen molar-refractivity contribution in [2.24, 2.45) is 12.8 Å². The SMILES string of the molecule is Cl.Cn1cc(C(=O)CCc2ccc(C(=N)N)cc2)c2cc(N(CC(=O)O)C(=O)c3ccc4ccccc4c3)ccc21. The summed E-state index contributed by atoms with van der Waals surface area (Å²) in [7, 11) is 1.84. The van der Waals surface area contributed by atoms with Crippen molar-refractivity contribution in [2.45, 2.75) is 12.8 Å². The molecule has 1 amide bonds. The van der Waals surface area contributed by atoms with Gasteiger partial charge in [0.1, 0.15) is 12.4 Å². The van der Waals surface area contributed by atoms with E-state index in [-0.39, 0.29) is 30.4 Å². The van der Waals surface area contributed by atoms with Gasteiger partial charge in [-0.3, -0.25) is 24.7 Å². The van der Waals surface area contributed by atoms with Crippen LogP contribution < -0.4 is 10.6 Å². The van der Waals surface area contributed by atoms with Gasteiger partial charge < -0.3 is 15.4 Å². The number of fused-ring (bicyclic) bond motifs is 2. The molecule has 0 saturated carbocycles. The second-order valence-corrected chi connectivity index (χ2v) is 9.74. The molecule has 4 aromatic carbocycles. The highest BCUT2D eigenvalue weighted by Crippen LogP contribution is 2.29. The topological polar surface area (TPSA) is 129 Å². The minimum atomic E-state index is -1.14. The average molecular weight is 569 g/mol. The smallest absolute Gasteiger partial charge is 0.323 e. The number of aliphatic carboxylic acids is 1. The molecule has 4 N–H and O–H groups in total. The number of ketones is 1. The predicted molar refractivity (Wildman–Crippen MR) is 164 cm³/mol. The molecule has 0 saturated heterocycles. The number of Topliss-reactive ketones (excluding diaryl/α,β-unsaturated/α-hetero) is 1. The Kier molecular flexibility index (Phi) is 8.54. The van der Waals surface area contributed by atoms with Crippen molar-refractivity contribution >= 4 is 63.3 Å². The molecule has 208 valence electrons. The van der Waals surface area contributed by atoms with Crippen LogP contribution in [0.25, 0.3) is 21.7 Å². The average Bonchev–Trinajstić information content (AvgIpc) is 3.29. The third-order valence-electron chi connectivity index (χ3n) is 7.03. The maximum atomic E-state index is 13.6. The highest BCUT2D eigenvalue weighted by molar-refractivity contribution is 6.12. The lowest BCUT2D eigenvalue weighted by Crippen LogP contribution is -2.35. The fourth-order valence-electron chi connectivity index (χ4n) is 4.91. The molecule has 0 aliphatic carbocycles. The van der Waals surface area contributed by atoms with E-state index in [9.17, 15) is 19.5 Å². The zero-order valence-electron chi connectivity index (χ0n) is 22.3. The lowest BCUT2D eigenvalue weighted by Gasteiger charge is -2.21. The number of aryl methyl sites for hydroxylation is 2. The minimum absolute atomic E-state index is 0. The highest BCUT2D eigenvalue weighted by atomic mass is 35.5. The van der Waals surface area contributed by atoms with Gasteiger partial charge in [0, 0.05) is 52.9 Å². The van der Waals surface area contributed by atoms with Crippen molar-refractivity contribution in [3.05, 3.63) is 113 Å². The zero-order chi connectivity index (χ0) is 28.4. The van der Waals surface area contributed by atoms with Crippen molar-refractivity contribution in [3.8, 4) is 0 Å². The van der Waals surface area contributed by atoms with Gasteiger partial charge in [0.2, 0.25) is 0 Å². The zero-order valence-corrected chi connectivity index (χ0v) is 23.2. The quantitative estimate of drug-likeness (QED) is 0.121. The van der Waals surface area contributed by atoms with Crippen LogP contribution in [0.1, 0.15) is 38.3 Å². The van der Waals surface area contributed by atoms with E-state index in [0.717, 1.165) is 21.9 Å². The Bertz CT molecular complexity index is 1790. The summed E-state index contributed by atoms with van der Waals surface area (Å²) in [6.07, 6.45) is 2.54. The number of nitrogens with two attached hydrogens (primary N) is 1. The van der Waals surface area contributed by atoms with E-state index in [0.29, 0.717) is 34.2 Å². The Morgan fingerprint density at radius 3 is 2.27 bits per heavy atom. The number of nitrogen functional groups attached to an aromatic ring is 1. The monoisotopic (exact) mass is 568 g/mol. The molecule has 0 radical (unpaired) electrons. The number of amidine groups is 1. The van der Waals surface area contributed by atoms with Crippen molar-refractivity contribution in [2.75, 3.05) is 11.4 Å². The fourth-order valence-corrected chi connectivity index (χ4v) is 4.91. The van der Waals surface area contributed by atoms with Crippen LogP contribution in [0.4, 0.5) is 5.69 Å². The number of nitrogens with one attached hydrogen (secondary N) is 1. The molecule has 5 aromatic rings. The standard InChI is InChI=1S/C32H28N4O4.ClH/c1-35-18-27(29(37)15-8-20-6-9-22(10-7-20)31(33)34)26-17-25(13-14-28(26)35)36(19-30(38)39)32(40)24-12-11-21-4-2-3-5-23(21)16-24;/h2-7,9-14,16-18H,8,15,19H2,1H3,(H3,33,34)(H,38,39);1H. The van der Waals surface area contributed by atoms with Crippen molar-refractivity contribution in [3.63, 3.8) is 0 Å². The number of aromatic nitrogens is 1. The third-order valence-corrected chi connectivity index (χ3v) is 7.03. The third kappa shape index (κ3) is 6.13. The molecule has 1 aromatic heterocycles. The molecule has 0 atom stereocenters. The minimum Gasteiger partial charge on any atom is -0.480 e. The van der Waals surface area contributed by atoms with Crippen molar-refractivity contribution in [1.82, 2.24) is 4.57 Å². The lowest BCUT2D eigenvalue weighted by molar-refractivity contribution is -0.135. The molecule has 41 heavy (non-hydrogen) atoms. The van der Waals surface area contributed by atoms with Gasteiger partial charge in [0.15, 0.2) is 5.78 Å². The van der Waals surface area contributed by atoms with Gasteiger partial charge in [-0.15, -0.1) is 12.4 Å². The van der Waals surface area contributed by atoms with E-state index in [1.54, 1.807) is 48.7 Å². The fraction of sp³-hybridized carbons (Fsp3) is 0.125. The molecule has 1 heterocycles. The first-order valence-electron chi connectivity index (χ1n) is 12.8. The van der Waals surface area contributed by atoms with Crippen LogP contribution in [-0.2, 0) is 18.3 Å². The Labute approximate surface area is 242 Å². The van der Waals surface area contributed by atoms with Gasteiger partial charge in [-0.1, -0.05) is 54.6 Å². The summed E-state index contributed by atoms with van der Waals surface area (Å²) in [6, 6.07) is 25.4. The van der Waals surface area contributed by atoms with E-state index in [4.69, 9.17) is 11.1 Å². The number of amides is 1. The van der Waals surface area contributed by atoms with Gasteiger partial charge in [-0.05, 0) is 53.1 Å². The summed E-state index contributed by atoms with van der Waals surface area (Å²) < 4.78 is 1.85. The van der Waals surface area contributed by atoms with E-state index in [1.165, 1.54) is 4.90 Å². The Hall–Kier alpha value is -4.95. The lowest BCUT2D eigenvalue weighted by atomic mass is 10.0. The number of carbonyl (C=O) groups is 3. The van der Waals surface area contributed by atoms with E-state index >= 15 is 0 Å². The second kappa shape index (κ2) is 12.1. The summed E-state index contributed by atoms with van der Waals surface area (Å²) >= 11 is 0. The molecule has 0 aliphatic heterocycles. The molecule has 0 spiro atoms. The van der Waals surface area contributed by atoms with Gasteiger partial charge >= 0.3 is 5.97 Å². The van der Waals surface area contributed by atoms with Gasteiger partial charge in [-0.2, -0.15) is 0 Å². The molecular formula is C32H29ClN4O4. The number of anilines is 1. The van der Waals surface area contributed by atoms with Crippen LogP contribution in [0.3, 0.4) is 0 Å². The van der Waals surface area contributed by atoms with Crippen LogP contribution in [0, 0.1) is 5.41 Å². The molecule has 0 fully saturated rings. The van der Waals surface area contributed by atoms with Gasteiger partial charge in [-0.25, -0.2) is 0 Å². The molecule has 8 nitrogen and oxygen atoms in total. The van der Waals surface area contributed by atoms with Gasteiger partial charge in [0.25, 0.3) is 5.91 Å². The van der Waals surface area contributed by atoms with Crippen LogP contribution in [0.2, 0.25) is 0 Å². The van der Waals surface area contributed by atoms with Crippen LogP contribution in [-0.4, -0.2) is 39.7 Å². The summed E-state index contributed by atoms with van der Waals surface area (Å²) in [4.78, 5) is 39.9. The maximum absolute atomic E-state index is 13.6. The van der Waals surface area contributed by atoms with Crippen LogP contribution in [0.5, 0.6) is 0 Å². The molecule has 0 aliphatic rings. The number of hydrogen-bond donors (Lipinski definition) is 3. The Morgan fingerprint density at radius 2 is 1.59 bits per heavy atom. The molecule has 5 rings (SSSR count). The van der Waals surface area contributed by atoms with E-state index < -0.39 is 18.4 Å². The predicted octanol–water partition coefficient (Wildman–Crippen LogP) is 5.58. The largest absolute Gasteiger partial charge is 0.480 e.